The third-order valence-corrected chi connectivity index (χ3v) is 3.67. The monoisotopic (exact) mass is 363 g/mol. The Labute approximate surface area is 137 Å². The third-order valence-electron chi connectivity index (χ3n) is 3.23. The fourth-order valence-electron chi connectivity index (χ4n) is 2.07. The van der Waals surface area contributed by atoms with E-state index in [2.05, 4.69) is 32.1 Å². The molecule has 1 aliphatic carbocycles. The molecule has 0 N–H and O–H groups in total. The van der Waals surface area contributed by atoms with E-state index in [0.717, 1.165) is 15.6 Å². The van der Waals surface area contributed by atoms with Gasteiger partial charge in [-0.25, -0.2) is 9.78 Å². The second-order valence-electron chi connectivity index (χ2n) is 6.50. The quantitative estimate of drug-likeness (QED) is 0.793. The predicted octanol–water partition coefficient (Wildman–Crippen LogP) is 4.40. The summed E-state index contributed by atoms with van der Waals surface area (Å²) in [6.07, 6.45) is 7.70. The number of fused-ring (bicyclic) bond motifs is 1. The Morgan fingerprint density at radius 1 is 1.45 bits per heavy atom. The lowest BCUT2D eigenvalue weighted by atomic mass is 10.2. The van der Waals surface area contributed by atoms with Gasteiger partial charge >= 0.3 is 6.09 Å². The van der Waals surface area contributed by atoms with E-state index in [1.54, 1.807) is 6.20 Å². The number of hydrogen-bond donors (Lipinski definition) is 0. The maximum atomic E-state index is 12.3. The minimum Gasteiger partial charge on any atom is -0.442 e. The molecule has 0 unspecified atom stereocenters. The Morgan fingerprint density at radius 2 is 2.18 bits per heavy atom. The fourth-order valence-corrected chi connectivity index (χ4v) is 2.40. The Bertz CT molecular complexity index is 755. The molecular formula is C16H18BrN3O2. The Kier molecular flexibility index (Phi) is 3.80. The zero-order valence-electron chi connectivity index (χ0n) is 12.8. The molecule has 2 aromatic rings. The van der Waals surface area contributed by atoms with E-state index < -0.39 is 11.7 Å². The van der Waals surface area contributed by atoms with Crippen LogP contribution in [0.3, 0.4) is 0 Å². The van der Waals surface area contributed by atoms with Gasteiger partial charge < -0.3 is 4.74 Å². The lowest BCUT2D eigenvalue weighted by molar-refractivity contribution is 0.0521. The Hall–Kier alpha value is -1.69. The van der Waals surface area contributed by atoms with Gasteiger partial charge in [0.15, 0.2) is 5.65 Å². The van der Waals surface area contributed by atoms with Gasteiger partial charge in [0.1, 0.15) is 5.60 Å². The van der Waals surface area contributed by atoms with Crippen LogP contribution in [0.1, 0.15) is 39.3 Å². The lowest BCUT2D eigenvalue weighted by Crippen LogP contribution is -2.27. The average Bonchev–Trinajstić information content (AvgIpc) is 3.16. The van der Waals surface area contributed by atoms with Gasteiger partial charge in [0.25, 0.3) is 0 Å². The van der Waals surface area contributed by atoms with Crippen molar-refractivity contribution in [2.45, 2.75) is 39.2 Å². The summed E-state index contributed by atoms with van der Waals surface area (Å²) in [7, 11) is 0. The highest BCUT2D eigenvalue weighted by atomic mass is 79.9. The van der Waals surface area contributed by atoms with Crippen LogP contribution < -0.4 is 0 Å². The van der Waals surface area contributed by atoms with Gasteiger partial charge in [0.05, 0.1) is 5.69 Å². The molecule has 1 aliphatic rings. The standard InChI is InChI=1S/C16H18BrN3O2/c1-16(2,3)22-15(21)20-14-12(8-11(17)9-18-14)13(19-20)7-6-10-4-5-10/h6-10H,4-5H2,1-3H3. The number of hydrogen-bond acceptors (Lipinski definition) is 4. The van der Waals surface area contributed by atoms with Crippen molar-refractivity contribution in [3.8, 4) is 0 Å². The highest BCUT2D eigenvalue weighted by molar-refractivity contribution is 9.10. The fraction of sp³-hybridized carbons (Fsp3) is 0.438. The highest BCUT2D eigenvalue weighted by Gasteiger charge is 2.23. The lowest BCUT2D eigenvalue weighted by Gasteiger charge is -2.18. The van der Waals surface area contributed by atoms with Crippen molar-refractivity contribution >= 4 is 39.1 Å². The van der Waals surface area contributed by atoms with Crippen molar-refractivity contribution in [2.24, 2.45) is 5.92 Å². The molecule has 22 heavy (non-hydrogen) atoms. The SMILES string of the molecule is CC(C)(C)OC(=O)n1nc(C=CC2CC2)c2cc(Br)cnc21. The number of carbonyl (C=O) groups excluding carboxylic acids is 1. The molecule has 0 spiro atoms. The smallest absolute Gasteiger partial charge is 0.437 e. The summed E-state index contributed by atoms with van der Waals surface area (Å²) in [5.41, 5.74) is 0.670. The molecule has 3 rings (SSSR count). The maximum absolute atomic E-state index is 12.3. The largest absolute Gasteiger partial charge is 0.442 e. The number of nitrogens with zero attached hydrogens (tertiary/aromatic N) is 3. The first-order chi connectivity index (χ1) is 10.3. The molecule has 0 aliphatic heterocycles. The molecule has 2 aromatic heterocycles. The first-order valence-electron chi connectivity index (χ1n) is 7.29. The summed E-state index contributed by atoms with van der Waals surface area (Å²) < 4.78 is 7.49. The van der Waals surface area contributed by atoms with Crippen LogP contribution in [0.4, 0.5) is 4.79 Å². The number of halogens is 1. The van der Waals surface area contributed by atoms with E-state index in [0.29, 0.717) is 11.6 Å². The van der Waals surface area contributed by atoms with Crippen LogP contribution in [-0.4, -0.2) is 26.5 Å². The van der Waals surface area contributed by atoms with Crippen LogP contribution in [0.2, 0.25) is 0 Å². The first kappa shape index (κ1) is 15.2. The third kappa shape index (κ3) is 3.38. The number of aromatic nitrogens is 3. The van der Waals surface area contributed by atoms with E-state index in [9.17, 15) is 4.79 Å². The van der Waals surface area contributed by atoms with Crippen LogP contribution in [0.15, 0.2) is 22.8 Å². The average molecular weight is 364 g/mol. The number of pyridine rings is 1. The van der Waals surface area contributed by atoms with E-state index in [4.69, 9.17) is 4.74 Å². The van der Waals surface area contributed by atoms with E-state index >= 15 is 0 Å². The molecule has 0 atom stereocenters. The Morgan fingerprint density at radius 3 is 2.82 bits per heavy atom. The molecule has 0 aromatic carbocycles. The number of carbonyl (C=O) groups is 1. The van der Waals surface area contributed by atoms with Gasteiger partial charge in [-0.15, -0.1) is 4.68 Å². The number of ether oxygens (including phenoxy) is 1. The van der Waals surface area contributed by atoms with Gasteiger partial charge in [0, 0.05) is 16.1 Å². The normalized spacial score (nSPS) is 15.6. The predicted molar refractivity (Wildman–Crippen MR) is 88.6 cm³/mol. The van der Waals surface area contributed by atoms with Crippen LogP contribution in [0, 0.1) is 5.92 Å². The zero-order chi connectivity index (χ0) is 15.9. The number of rotatable bonds is 2. The minimum absolute atomic E-state index is 0.507. The summed E-state index contributed by atoms with van der Waals surface area (Å²) in [6, 6.07) is 1.92. The summed E-state index contributed by atoms with van der Waals surface area (Å²) in [4.78, 5) is 16.6. The topological polar surface area (TPSA) is 57.0 Å². The van der Waals surface area contributed by atoms with Crippen molar-refractivity contribution < 1.29 is 9.53 Å². The van der Waals surface area contributed by atoms with E-state index in [-0.39, 0.29) is 0 Å². The summed E-state index contributed by atoms with van der Waals surface area (Å²) >= 11 is 3.41. The second-order valence-corrected chi connectivity index (χ2v) is 7.41. The van der Waals surface area contributed by atoms with Gasteiger partial charge in [-0.05, 0) is 67.6 Å². The van der Waals surface area contributed by atoms with Crippen LogP contribution in [-0.2, 0) is 4.74 Å². The first-order valence-corrected chi connectivity index (χ1v) is 8.08. The molecule has 1 saturated carbocycles. The van der Waals surface area contributed by atoms with E-state index in [1.807, 2.05) is 32.9 Å². The molecular weight excluding hydrogens is 346 g/mol. The maximum Gasteiger partial charge on any atom is 0.437 e. The minimum atomic E-state index is -0.575. The molecule has 0 radical (unpaired) electrons. The molecule has 2 heterocycles. The molecule has 6 heteroatoms. The summed E-state index contributed by atoms with van der Waals surface area (Å²) in [5, 5.41) is 5.22. The van der Waals surface area contributed by atoms with Crippen molar-refractivity contribution in [3.63, 3.8) is 0 Å². The van der Waals surface area contributed by atoms with Gasteiger partial charge in [-0.2, -0.15) is 5.10 Å². The molecule has 1 fully saturated rings. The summed E-state index contributed by atoms with van der Waals surface area (Å²) in [5.74, 6) is 0.641. The van der Waals surface area contributed by atoms with Crippen molar-refractivity contribution in [3.05, 3.63) is 28.5 Å². The van der Waals surface area contributed by atoms with Crippen molar-refractivity contribution in [2.75, 3.05) is 0 Å². The van der Waals surface area contributed by atoms with Gasteiger partial charge in [-0.1, -0.05) is 6.08 Å². The van der Waals surface area contributed by atoms with Crippen molar-refractivity contribution in [1.82, 2.24) is 14.8 Å². The van der Waals surface area contributed by atoms with Crippen molar-refractivity contribution in [1.29, 1.82) is 0 Å². The molecule has 5 nitrogen and oxygen atoms in total. The number of allylic oxidation sites excluding steroid dienone is 1. The van der Waals surface area contributed by atoms with Gasteiger partial charge in [-0.3, -0.25) is 0 Å². The molecule has 116 valence electrons. The van der Waals surface area contributed by atoms with Crippen LogP contribution in [0.5, 0.6) is 0 Å². The zero-order valence-corrected chi connectivity index (χ0v) is 14.4. The molecule has 0 bridgehead atoms. The van der Waals surface area contributed by atoms with Gasteiger partial charge in [0.2, 0.25) is 0 Å². The second kappa shape index (κ2) is 5.50. The molecule has 0 saturated heterocycles. The highest BCUT2D eigenvalue weighted by Crippen LogP contribution is 2.31. The Balaban J connectivity index is 2.04. The molecule has 0 amide bonds. The van der Waals surface area contributed by atoms with Crippen LogP contribution >= 0.6 is 15.9 Å². The summed E-state index contributed by atoms with van der Waals surface area (Å²) in [6.45, 7) is 5.48. The van der Waals surface area contributed by atoms with E-state index in [1.165, 1.54) is 17.5 Å². The van der Waals surface area contributed by atoms with Crippen LogP contribution in [0.25, 0.3) is 17.1 Å².